The Hall–Kier alpha value is -1.76. The van der Waals surface area contributed by atoms with Crippen LogP contribution in [0.4, 0.5) is 0 Å². The average Bonchev–Trinajstić information content (AvgIpc) is 3.11. The van der Waals surface area contributed by atoms with Crippen LogP contribution in [0.1, 0.15) is 67.7 Å². The number of ether oxygens (including phenoxy) is 2. The van der Waals surface area contributed by atoms with Crippen LogP contribution in [0.25, 0.3) is 0 Å². The van der Waals surface area contributed by atoms with Gasteiger partial charge in [0.1, 0.15) is 6.79 Å². The Labute approximate surface area is 244 Å². The maximum atomic E-state index is 11.5. The van der Waals surface area contributed by atoms with Crippen LogP contribution in [-0.4, -0.2) is 46.6 Å². The summed E-state index contributed by atoms with van der Waals surface area (Å²) in [6, 6.07) is 21.8. The standard InChI is InChI=1S/C35H52O4Si/c1-26-23-35(20-15-21-38-25-37-8)30(27(2)31(36)22-32(35)34(26,6)7)24-39-40(33(3,4)5,28-16-11-9-12-17-28)29-18-13-10-14-19-29/h9-14,16-19,23,27,30-32,36H,15,20-22,24-25H2,1-8H3/t27-,30-,31+,32-,35-/m0/s1. The summed E-state index contributed by atoms with van der Waals surface area (Å²) in [6.07, 6.45) is 5.05. The van der Waals surface area contributed by atoms with Crippen LogP contribution in [0.15, 0.2) is 72.3 Å². The van der Waals surface area contributed by atoms with Crippen molar-refractivity contribution in [2.24, 2.45) is 28.6 Å². The van der Waals surface area contributed by atoms with E-state index in [0.29, 0.717) is 25.9 Å². The molecule has 2 aliphatic carbocycles. The number of benzene rings is 2. The summed E-state index contributed by atoms with van der Waals surface area (Å²) in [4.78, 5) is 0. The minimum atomic E-state index is -2.71. The Morgan fingerprint density at radius 2 is 1.55 bits per heavy atom. The van der Waals surface area contributed by atoms with Crippen molar-refractivity contribution in [1.29, 1.82) is 0 Å². The van der Waals surface area contributed by atoms with Gasteiger partial charge in [-0.25, -0.2) is 0 Å². The molecule has 0 heterocycles. The van der Waals surface area contributed by atoms with Gasteiger partial charge in [-0.3, -0.25) is 0 Å². The fraction of sp³-hybridized carbons (Fsp3) is 0.600. The minimum absolute atomic E-state index is 0.0319. The fourth-order valence-corrected chi connectivity index (χ4v) is 12.7. The third-order valence-electron chi connectivity index (χ3n) is 10.4. The molecule has 4 nitrogen and oxygen atoms in total. The number of hydrogen-bond acceptors (Lipinski definition) is 4. The molecule has 220 valence electrons. The fourth-order valence-electron chi connectivity index (χ4n) is 8.07. The Kier molecular flexibility index (Phi) is 9.53. The summed E-state index contributed by atoms with van der Waals surface area (Å²) in [5.41, 5.74) is 1.42. The maximum Gasteiger partial charge on any atom is 0.261 e. The molecule has 1 N–H and O–H groups in total. The number of aliphatic hydroxyl groups is 1. The van der Waals surface area contributed by atoms with Crippen LogP contribution >= 0.6 is 0 Å². The zero-order chi connectivity index (χ0) is 29.2. The molecule has 1 fully saturated rings. The van der Waals surface area contributed by atoms with E-state index in [-0.39, 0.29) is 33.8 Å². The van der Waals surface area contributed by atoms with Gasteiger partial charge < -0.3 is 19.0 Å². The zero-order valence-corrected chi connectivity index (χ0v) is 27.1. The summed E-state index contributed by atoms with van der Waals surface area (Å²) >= 11 is 0. The molecule has 0 aromatic heterocycles. The topological polar surface area (TPSA) is 47.9 Å². The second-order valence-corrected chi connectivity index (χ2v) is 18.2. The number of fused-ring (bicyclic) bond motifs is 1. The van der Waals surface area contributed by atoms with Crippen molar-refractivity contribution >= 4 is 18.7 Å². The lowest BCUT2D eigenvalue weighted by molar-refractivity contribution is -0.101. The molecular formula is C35H52O4Si. The molecule has 2 aliphatic rings. The summed E-state index contributed by atoms with van der Waals surface area (Å²) in [5.74, 6) is 0.690. The van der Waals surface area contributed by atoms with E-state index < -0.39 is 8.32 Å². The van der Waals surface area contributed by atoms with Crippen LogP contribution in [0, 0.1) is 28.6 Å². The van der Waals surface area contributed by atoms with Crippen molar-refractivity contribution < 1.29 is 19.0 Å². The predicted molar refractivity (Wildman–Crippen MR) is 167 cm³/mol. The third-order valence-corrected chi connectivity index (χ3v) is 15.4. The smallest absolute Gasteiger partial charge is 0.261 e. The average molecular weight is 565 g/mol. The van der Waals surface area contributed by atoms with Crippen LogP contribution in [0.3, 0.4) is 0 Å². The van der Waals surface area contributed by atoms with Gasteiger partial charge in [-0.05, 0) is 70.2 Å². The number of methoxy groups -OCH3 is 1. The number of allylic oxidation sites excluding steroid dienone is 2. The van der Waals surface area contributed by atoms with Crippen molar-refractivity contribution in [3.63, 3.8) is 0 Å². The highest BCUT2D eigenvalue weighted by Gasteiger charge is 2.60. The van der Waals surface area contributed by atoms with E-state index in [4.69, 9.17) is 13.9 Å². The largest absolute Gasteiger partial charge is 0.407 e. The first-order valence-electron chi connectivity index (χ1n) is 15.1. The van der Waals surface area contributed by atoms with E-state index in [1.807, 2.05) is 0 Å². The van der Waals surface area contributed by atoms with Crippen LogP contribution in [0.5, 0.6) is 0 Å². The Morgan fingerprint density at radius 1 is 0.975 bits per heavy atom. The first-order chi connectivity index (χ1) is 18.9. The molecule has 0 saturated heterocycles. The van der Waals surface area contributed by atoms with Gasteiger partial charge in [-0.15, -0.1) is 0 Å². The van der Waals surface area contributed by atoms with E-state index in [1.54, 1.807) is 7.11 Å². The molecule has 40 heavy (non-hydrogen) atoms. The van der Waals surface area contributed by atoms with Gasteiger partial charge in [0.05, 0.1) is 6.10 Å². The zero-order valence-electron chi connectivity index (χ0n) is 26.1. The quantitative estimate of drug-likeness (QED) is 0.145. The number of rotatable bonds is 11. The van der Waals surface area contributed by atoms with Gasteiger partial charge in [-0.1, -0.05) is 114 Å². The SMILES string of the molecule is COCOCCC[C@@]12C=C(C)C(C)(C)[C@@H]1C[C@@H](O)[C@@H](C)[C@@H]2CO[Si](c1ccccc1)(c1ccccc1)C(C)(C)C. The van der Waals surface area contributed by atoms with E-state index in [9.17, 15) is 5.11 Å². The highest BCUT2D eigenvalue weighted by atomic mass is 28.4. The van der Waals surface area contributed by atoms with Gasteiger partial charge in [0.15, 0.2) is 0 Å². The molecule has 0 aliphatic heterocycles. The van der Waals surface area contributed by atoms with Crippen molar-refractivity contribution in [3.05, 3.63) is 72.3 Å². The number of hydrogen-bond donors (Lipinski definition) is 1. The summed E-state index contributed by atoms with van der Waals surface area (Å²) < 4.78 is 18.4. The van der Waals surface area contributed by atoms with Gasteiger partial charge in [0.2, 0.25) is 0 Å². The summed E-state index contributed by atoms with van der Waals surface area (Å²) in [6.45, 7) is 17.9. The molecule has 1 saturated carbocycles. The van der Waals surface area contributed by atoms with E-state index in [2.05, 4.69) is 115 Å². The van der Waals surface area contributed by atoms with Gasteiger partial charge in [0, 0.05) is 20.3 Å². The number of aliphatic hydroxyl groups excluding tert-OH is 1. The highest BCUT2D eigenvalue weighted by molar-refractivity contribution is 6.99. The van der Waals surface area contributed by atoms with Gasteiger partial charge in [0.25, 0.3) is 8.32 Å². The lowest BCUT2D eigenvalue weighted by Gasteiger charge is -2.55. The molecule has 0 amide bonds. The van der Waals surface area contributed by atoms with Gasteiger partial charge in [-0.2, -0.15) is 0 Å². The molecule has 0 radical (unpaired) electrons. The van der Waals surface area contributed by atoms with Crippen molar-refractivity contribution in [2.75, 3.05) is 27.1 Å². The maximum absolute atomic E-state index is 11.5. The lowest BCUT2D eigenvalue weighted by Crippen LogP contribution is -2.67. The van der Waals surface area contributed by atoms with Crippen molar-refractivity contribution in [3.8, 4) is 0 Å². The lowest BCUT2D eigenvalue weighted by atomic mass is 9.52. The van der Waals surface area contributed by atoms with Crippen molar-refractivity contribution in [1.82, 2.24) is 0 Å². The minimum Gasteiger partial charge on any atom is -0.407 e. The molecule has 2 aromatic carbocycles. The molecule has 0 spiro atoms. The normalized spacial score (nSPS) is 28.3. The summed E-state index contributed by atoms with van der Waals surface area (Å²) in [5, 5.41) is 14.0. The Bertz CT molecular complexity index is 1080. The second-order valence-electron chi connectivity index (χ2n) is 13.9. The third kappa shape index (κ3) is 5.53. The van der Waals surface area contributed by atoms with E-state index in [1.165, 1.54) is 15.9 Å². The monoisotopic (exact) mass is 564 g/mol. The predicted octanol–water partition coefficient (Wildman–Crippen LogP) is 6.57. The molecule has 5 heteroatoms. The Morgan fingerprint density at radius 3 is 2.08 bits per heavy atom. The first kappa shape index (κ1) is 31.2. The van der Waals surface area contributed by atoms with Crippen molar-refractivity contribution in [2.45, 2.75) is 78.9 Å². The first-order valence-corrected chi connectivity index (χ1v) is 17.0. The van der Waals surface area contributed by atoms with Gasteiger partial charge >= 0.3 is 0 Å². The van der Waals surface area contributed by atoms with E-state index in [0.717, 1.165) is 19.3 Å². The molecule has 5 atom stereocenters. The van der Waals surface area contributed by atoms with Crippen LogP contribution in [-0.2, 0) is 13.9 Å². The molecule has 0 unspecified atom stereocenters. The summed E-state index contributed by atoms with van der Waals surface area (Å²) in [7, 11) is -1.04. The molecule has 0 bridgehead atoms. The highest BCUT2D eigenvalue weighted by Crippen LogP contribution is 2.64. The van der Waals surface area contributed by atoms with Crippen LogP contribution < -0.4 is 10.4 Å². The Balaban J connectivity index is 1.78. The second kappa shape index (κ2) is 12.2. The molecule has 2 aromatic rings. The molecular weight excluding hydrogens is 512 g/mol. The molecule has 4 rings (SSSR count). The van der Waals surface area contributed by atoms with Crippen LogP contribution in [0.2, 0.25) is 5.04 Å². The van der Waals surface area contributed by atoms with E-state index >= 15 is 0 Å².